The minimum Gasteiger partial charge on any atom is -0.364 e. The molecule has 0 radical (unpaired) electrons. The standard InChI is InChI=1S/C21H16F3N3O2/c1-13-17(12-29-26-13)20(28)25-18-11-27(19-5-3-2-4-16(18)19)10-14-6-8-15(9-7-14)21(22,23)24/h2-9,11-12H,10H2,1H3,(H,25,28). The number of aromatic nitrogens is 2. The van der Waals surface area contributed by atoms with Gasteiger partial charge in [-0.2, -0.15) is 13.2 Å². The molecule has 4 aromatic rings. The average Bonchev–Trinajstić information content (AvgIpc) is 3.26. The van der Waals surface area contributed by atoms with Crippen molar-refractivity contribution in [2.24, 2.45) is 0 Å². The summed E-state index contributed by atoms with van der Waals surface area (Å²) in [4.78, 5) is 12.5. The number of alkyl halides is 3. The maximum Gasteiger partial charge on any atom is 0.416 e. The van der Waals surface area contributed by atoms with Crippen molar-refractivity contribution in [3.8, 4) is 0 Å². The normalized spacial score (nSPS) is 11.7. The van der Waals surface area contributed by atoms with Crippen LogP contribution >= 0.6 is 0 Å². The molecule has 2 heterocycles. The minimum absolute atomic E-state index is 0.338. The Labute approximate surface area is 163 Å². The van der Waals surface area contributed by atoms with Crippen molar-refractivity contribution in [3.05, 3.63) is 83.4 Å². The molecule has 0 aliphatic carbocycles. The topological polar surface area (TPSA) is 60.1 Å². The van der Waals surface area contributed by atoms with Gasteiger partial charge in [-0.15, -0.1) is 0 Å². The Balaban J connectivity index is 1.64. The molecule has 0 atom stereocenters. The molecule has 1 amide bonds. The number of hydrogen-bond acceptors (Lipinski definition) is 3. The van der Waals surface area contributed by atoms with Crippen LogP contribution < -0.4 is 5.32 Å². The summed E-state index contributed by atoms with van der Waals surface area (Å²) in [5.41, 5.74) is 2.30. The third-order valence-electron chi connectivity index (χ3n) is 4.67. The Kier molecular flexibility index (Phi) is 4.62. The maximum absolute atomic E-state index is 12.8. The second-order valence-corrected chi connectivity index (χ2v) is 6.65. The van der Waals surface area contributed by atoms with E-state index in [2.05, 4.69) is 10.5 Å². The van der Waals surface area contributed by atoms with E-state index in [0.717, 1.165) is 23.0 Å². The van der Waals surface area contributed by atoms with Crippen molar-refractivity contribution in [1.29, 1.82) is 0 Å². The van der Waals surface area contributed by atoms with Gasteiger partial charge in [0.25, 0.3) is 5.91 Å². The predicted molar refractivity (Wildman–Crippen MR) is 102 cm³/mol. The highest BCUT2D eigenvalue weighted by atomic mass is 19.4. The van der Waals surface area contributed by atoms with Gasteiger partial charge in [0.15, 0.2) is 0 Å². The van der Waals surface area contributed by atoms with E-state index < -0.39 is 11.7 Å². The van der Waals surface area contributed by atoms with Crippen molar-refractivity contribution < 1.29 is 22.5 Å². The zero-order chi connectivity index (χ0) is 20.6. The summed E-state index contributed by atoms with van der Waals surface area (Å²) in [5.74, 6) is -0.346. The van der Waals surface area contributed by atoms with Crippen LogP contribution in [0.3, 0.4) is 0 Å². The van der Waals surface area contributed by atoms with E-state index in [1.54, 1.807) is 13.1 Å². The smallest absolute Gasteiger partial charge is 0.364 e. The molecule has 0 unspecified atom stereocenters. The molecule has 2 aromatic heterocycles. The van der Waals surface area contributed by atoms with Gasteiger partial charge in [0.1, 0.15) is 11.8 Å². The van der Waals surface area contributed by atoms with Gasteiger partial charge >= 0.3 is 6.18 Å². The molecule has 0 saturated carbocycles. The lowest BCUT2D eigenvalue weighted by atomic mass is 10.1. The van der Waals surface area contributed by atoms with Crippen molar-refractivity contribution in [2.75, 3.05) is 5.32 Å². The van der Waals surface area contributed by atoms with Gasteiger partial charge < -0.3 is 14.4 Å². The number of benzene rings is 2. The Morgan fingerprint density at radius 2 is 1.86 bits per heavy atom. The summed E-state index contributed by atoms with van der Waals surface area (Å²) in [7, 11) is 0. The highest BCUT2D eigenvalue weighted by molar-refractivity contribution is 6.09. The fourth-order valence-corrected chi connectivity index (χ4v) is 3.17. The van der Waals surface area contributed by atoms with E-state index in [1.165, 1.54) is 18.4 Å². The first-order chi connectivity index (χ1) is 13.8. The summed E-state index contributed by atoms with van der Waals surface area (Å²) in [6.45, 7) is 2.03. The number of halogens is 3. The van der Waals surface area contributed by atoms with E-state index in [-0.39, 0.29) is 5.91 Å². The summed E-state index contributed by atoms with van der Waals surface area (Å²) < 4.78 is 45.0. The molecule has 0 bridgehead atoms. The molecule has 0 aliphatic rings. The van der Waals surface area contributed by atoms with Crippen LogP contribution in [0.25, 0.3) is 10.9 Å². The molecular formula is C21H16F3N3O2. The van der Waals surface area contributed by atoms with Gasteiger partial charge in [-0.25, -0.2) is 0 Å². The van der Waals surface area contributed by atoms with E-state index in [1.807, 2.05) is 28.8 Å². The Morgan fingerprint density at radius 3 is 2.52 bits per heavy atom. The van der Waals surface area contributed by atoms with Crippen LogP contribution in [0, 0.1) is 6.92 Å². The van der Waals surface area contributed by atoms with Crippen LogP contribution in [0.2, 0.25) is 0 Å². The molecule has 2 aromatic carbocycles. The van der Waals surface area contributed by atoms with Crippen molar-refractivity contribution in [1.82, 2.24) is 9.72 Å². The number of rotatable bonds is 4. The lowest BCUT2D eigenvalue weighted by molar-refractivity contribution is -0.137. The summed E-state index contributed by atoms with van der Waals surface area (Å²) in [6.07, 6.45) is -1.31. The van der Waals surface area contributed by atoms with Crippen LogP contribution in [0.1, 0.15) is 27.2 Å². The molecule has 0 saturated heterocycles. The number of hydrogen-bond donors (Lipinski definition) is 1. The van der Waals surface area contributed by atoms with E-state index in [0.29, 0.717) is 29.1 Å². The van der Waals surface area contributed by atoms with Crippen LogP contribution in [0.4, 0.5) is 18.9 Å². The lowest BCUT2D eigenvalue weighted by Crippen LogP contribution is -2.12. The fourth-order valence-electron chi connectivity index (χ4n) is 3.17. The Morgan fingerprint density at radius 1 is 1.14 bits per heavy atom. The van der Waals surface area contributed by atoms with Gasteiger partial charge in [0.05, 0.1) is 22.5 Å². The second kappa shape index (κ2) is 7.12. The Bertz CT molecular complexity index is 1170. The number of aryl methyl sites for hydroxylation is 1. The highest BCUT2D eigenvalue weighted by Gasteiger charge is 2.29. The van der Waals surface area contributed by atoms with Gasteiger partial charge in [0, 0.05) is 18.1 Å². The maximum atomic E-state index is 12.8. The number of carbonyl (C=O) groups excluding carboxylic acids is 1. The van der Waals surface area contributed by atoms with E-state index in [4.69, 9.17) is 4.52 Å². The van der Waals surface area contributed by atoms with Gasteiger partial charge in [-0.1, -0.05) is 35.5 Å². The molecule has 8 heteroatoms. The first kappa shape index (κ1) is 18.8. The third kappa shape index (κ3) is 3.73. The molecule has 1 N–H and O–H groups in total. The van der Waals surface area contributed by atoms with Gasteiger partial charge in [-0.3, -0.25) is 4.79 Å². The van der Waals surface area contributed by atoms with E-state index >= 15 is 0 Å². The minimum atomic E-state index is -4.36. The molecule has 0 fully saturated rings. The number of nitrogens with zero attached hydrogens (tertiary/aromatic N) is 2. The van der Waals surface area contributed by atoms with Gasteiger partial charge in [-0.05, 0) is 30.7 Å². The Hall–Kier alpha value is -3.55. The van der Waals surface area contributed by atoms with Crippen LogP contribution in [-0.4, -0.2) is 15.6 Å². The van der Waals surface area contributed by atoms with Crippen molar-refractivity contribution in [2.45, 2.75) is 19.6 Å². The first-order valence-electron chi connectivity index (χ1n) is 8.79. The zero-order valence-corrected chi connectivity index (χ0v) is 15.3. The van der Waals surface area contributed by atoms with Gasteiger partial charge in [0.2, 0.25) is 0 Å². The van der Waals surface area contributed by atoms with Crippen LogP contribution in [0.5, 0.6) is 0 Å². The summed E-state index contributed by atoms with van der Waals surface area (Å²) >= 11 is 0. The van der Waals surface area contributed by atoms with Crippen LogP contribution in [0.15, 0.2) is 65.5 Å². The number of carbonyl (C=O) groups is 1. The number of anilines is 1. The monoisotopic (exact) mass is 399 g/mol. The largest absolute Gasteiger partial charge is 0.416 e. The van der Waals surface area contributed by atoms with Crippen LogP contribution in [-0.2, 0) is 12.7 Å². The molecule has 4 rings (SSSR count). The SMILES string of the molecule is Cc1nocc1C(=O)Nc1cn(Cc2ccc(C(F)(F)F)cc2)c2ccccc12. The molecule has 0 spiro atoms. The molecule has 29 heavy (non-hydrogen) atoms. The lowest BCUT2D eigenvalue weighted by Gasteiger charge is -2.09. The molecule has 5 nitrogen and oxygen atoms in total. The number of fused-ring (bicyclic) bond motifs is 1. The summed E-state index contributed by atoms with van der Waals surface area (Å²) in [5, 5.41) is 7.38. The molecule has 0 aliphatic heterocycles. The van der Waals surface area contributed by atoms with Crippen molar-refractivity contribution >= 4 is 22.5 Å². The molecule has 148 valence electrons. The molecular weight excluding hydrogens is 383 g/mol. The second-order valence-electron chi connectivity index (χ2n) is 6.65. The zero-order valence-electron chi connectivity index (χ0n) is 15.3. The van der Waals surface area contributed by atoms with E-state index in [9.17, 15) is 18.0 Å². The first-order valence-corrected chi connectivity index (χ1v) is 8.79. The fraction of sp³-hybridized carbons (Fsp3) is 0.143. The predicted octanol–water partition coefficient (Wildman–Crippen LogP) is 5.26. The average molecular weight is 399 g/mol. The highest BCUT2D eigenvalue weighted by Crippen LogP contribution is 2.30. The van der Waals surface area contributed by atoms with Crippen molar-refractivity contribution in [3.63, 3.8) is 0 Å². The number of para-hydroxylation sites is 1. The quantitative estimate of drug-likeness (QED) is 0.509. The third-order valence-corrected chi connectivity index (χ3v) is 4.67. The summed E-state index contributed by atoms with van der Waals surface area (Å²) in [6, 6.07) is 12.5. The number of amides is 1. The number of nitrogens with one attached hydrogen (secondary N) is 1.